The molecule has 0 aromatic carbocycles. The maximum atomic E-state index is 11.8. The Balaban J connectivity index is 0.000000271. The molecule has 0 aliphatic rings. The lowest BCUT2D eigenvalue weighted by molar-refractivity contribution is -0.117. The van der Waals surface area contributed by atoms with Crippen LogP contribution in [-0.2, 0) is 27.3 Å². The van der Waals surface area contributed by atoms with E-state index in [9.17, 15) is 18.0 Å². The first-order chi connectivity index (χ1) is 22.1. The number of nitrogens with two attached hydrogens (primary N) is 1. The summed E-state index contributed by atoms with van der Waals surface area (Å²) in [6, 6.07) is 2.00. The summed E-state index contributed by atoms with van der Waals surface area (Å²) in [5.41, 5.74) is 6.75. The fraction of sp³-hybridized carbons (Fsp3) is 0.217. The minimum atomic E-state index is -2.15. The molecule has 0 saturated carbocycles. The van der Waals surface area contributed by atoms with Crippen molar-refractivity contribution < 1.29 is 35.8 Å². The number of urea groups is 1. The summed E-state index contributed by atoms with van der Waals surface area (Å²) in [7, 11) is 2.87. The molecule has 0 aliphatic heterocycles. The number of carbonyl (C=O) groups is 2. The third-order valence-corrected chi connectivity index (χ3v) is 8.91. The van der Waals surface area contributed by atoms with Crippen LogP contribution in [0.1, 0.15) is 18.1 Å². The molecule has 4 rings (SSSR count). The molecule has 47 heavy (non-hydrogen) atoms. The molecule has 4 heterocycles. The van der Waals surface area contributed by atoms with Crippen molar-refractivity contribution in [3.63, 3.8) is 0 Å². The minimum absolute atomic E-state index is 0.0743. The number of methoxy groups -OCH3 is 2. The van der Waals surface area contributed by atoms with E-state index in [-0.39, 0.29) is 33.8 Å². The lowest BCUT2D eigenvalue weighted by Gasteiger charge is -2.08. The van der Waals surface area contributed by atoms with E-state index >= 15 is 0 Å². The molecular formula is C23H24Cl4N8O8S4. The number of rotatable bonds is 9. The summed E-state index contributed by atoms with van der Waals surface area (Å²) in [5.74, 6) is 0.709. The number of halogens is 4. The van der Waals surface area contributed by atoms with Gasteiger partial charge in [0.15, 0.2) is 11.5 Å². The van der Waals surface area contributed by atoms with Gasteiger partial charge in [-0.2, -0.15) is 18.4 Å². The molecule has 4 aromatic rings. The normalized spacial score (nSPS) is 11.3. The molecule has 2 atom stereocenters. The Hall–Kier alpha value is -3.24. The molecule has 0 spiro atoms. The number of hydrogen-bond donors (Lipinski definition) is 4. The molecule has 2 unspecified atom stereocenters. The summed E-state index contributed by atoms with van der Waals surface area (Å²) < 4.78 is 47.5. The second-order valence-electron chi connectivity index (χ2n) is 8.04. The van der Waals surface area contributed by atoms with Crippen molar-refractivity contribution in [2.75, 3.05) is 25.3 Å². The number of aromatic nitrogens is 4. The van der Waals surface area contributed by atoms with Crippen LogP contribution in [0.15, 0.2) is 22.9 Å². The van der Waals surface area contributed by atoms with Crippen LogP contribution >= 0.6 is 69.1 Å². The third-order valence-electron chi connectivity index (χ3n) is 4.48. The molecule has 16 nitrogen and oxygen atoms in total. The molecule has 256 valence electrons. The van der Waals surface area contributed by atoms with Crippen LogP contribution in [0.4, 0.5) is 16.7 Å². The molecular weight excluding hydrogens is 786 g/mol. The molecule has 0 saturated heterocycles. The highest BCUT2D eigenvalue weighted by Gasteiger charge is 2.16. The molecule has 24 heteroatoms. The second-order valence-corrected chi connectivity index (χ2v) is 13.5. The number of thiophene rings is 2. The highest BCUT2D eigenvalue weighted by atomic mass is 35.5. The standard InChI is InChI=1S/C11H10Cl2N4O4S2.C7H8ClNO3S2.C5H6ClN3O/c1-5-4-22-9(13)8(5)21-23(19)17-11(18)16-10-14-6(12)3-7(15-10)20-2;1-4-3-13-7(8)6(4)12-14(11)9-5(2)10;1-10-4-2-3(6)8-5(7)9-4/h3-4H,1-2H3,(H2,14,15,16,17,18);3H,1-2H3,(H,9,10);2H,1H3,(H2,7,8,9). The van der Waals surface area contributed by atoms with Crippen molar-refractivity contribution in [3.8, 4) is 23.3 Å². The fourth-order valence-corrected chi connectivity index (χ4v) is 6.43. The summed E-state index contributed by atoms with van der Waals surface area (Å²) in [4.78, 5) is 37.3. The number of carbonyl (C=O) groups excluding carboxylic acids is 2. The SMILES string of the molecule is CC(=O)NS(=O)Oc1c(C)csc1Cl.COc1cc(Cl)nc(N)n1.COc1cc(Cl)nc(NC(=O)NS(=O)Oc2c(C)csc2Cl)n1. The summed E-state index contributed by atoms with van der Waals surface area (Å²) in [6.45, 7) is 4.77. The minimum Gasteiger partial charge on any atom is -0.481 e. The number of nitrogens with one attached hydrogen (secondary N) is 3. The number of aryl methyl sites for hydroxylation is 2. The van der Waals surface area contributed by atoms with Crippen molar-refractivity contribution in [2.24, 2.45) is 0 Å². The number of nitrogen functional groups attached to an aromatic ring is 1. The highest BCUT2D eigenvalue weighted by Crippen LogP contribution is 2.35. The number of anilines is 2. The smallest absolute Gasteiger partial charge is 0.336 e. The monoisotopic (exact) mass is 808 g/mol. The zero-order valence-corrected chi connectivity index (χ0v) is 30.9. The van der Waals surface area contributed by atoms with Crippen LogP contribution < -0.4 is 38.3 Å². The van der Waals surface area contributed by atoms with E-state index in [0.717, 1.165) is 5.56 Å². The van der Waals surface area contributed by atoms with E-state index < -0.39 is 34.5 Å². The van der Waals surface area contributed by atoms with Gasteiger partial charge in [-0.1, -0.05) is 46.4 Å². The van der Waals surface area contributed by atoms with Gasteiger partial charge in [-0.15, -0.1) is 22.7 Å². The second kappa shape index (κ2) is 19.5. The molecule has 0 fully saturated rings. The highest BCUT2D eigenvalue weighted by molar-refractivity contribution is 7.79. The zero-order valence-electron chi connectivity index (χ0n) is 24.6. The zero-order chi connectivity index (χ0) is 35.3. The van der Waals surface area contributed by atoms with Gasteiger partial charge < -0.3 is 23.6 Å². The Bertz CT molecular complexity index is 1690. The summed E-state index contributed by atoms with van der Waals surface area (Å²) in [6.07, 6.45) is 0. The lowest BCUT2D eigenvalue weighted by Crippen LogP contribution is -2.33. The number of nitrogens with zero attached hydrogens (tertiary/aromatic N) is 4. The Morgan fingerprint density at radius 2 is 1.26 bits per heavy atom. The largest absolute Gasteiger partial charge is 0.481 e. The Morgan fingerprint density at radius 3 is 1.68 bits per heavy atom. The van der Waals surface area contributed by atoms with Crippen molar-refractivity contribution in [1.82, 2.24) is 29.4 Å². The Labute approximate surface area is 301 Å². The molecule has 5 N–H and O–H groups in total. The lowest BCUT2D eigenvalue weighted by atomic mass is 10.4. The van der Waals surface area contributed by atoms with Crippen molar-refractivity contribution >= 4 is 115 Å². The van der Waals surface area contributed by atoms with Crippen molar-refractivity contribution in [1.29, 1.82) is 0 Å². The van der Waals surface area contributed by atoms with Crippen LogP contribution in [0.3, 0.4) is 0 Å². The van der Waals surface area contributed by atoms with Gasteiger partial charge in [-0.25, -0.2) is 24.2 Å². The molecule has 3 amide bonds. The topological polar surface area (TPSA) is 219 Å². The van der Waals surface area contributed by atoms with E-state index in [0.29, 0.717) is 25.9 Å². The van der Waals surface area contributed by atoms with Gasteiger partial charge >= 0.3 is 28.6 Å². The number of ether oxygens (including phenoxy) is 2. The van der Waals surface area contributed by atoms with Gasteiger partial charge in [0.1, 0.15) is 19.0 Å². The van der Waals surface area contributed by atoms with Gasteiger partial charge in [0.05, 0.1) is 14.2 Å². The predicted molar refractivity (Wildman–Crippen MR) is 183 cm³/mol. The van der Waals surface area contributed by atoms with E-state index in [1.54, 1.807) is 24.6 Å². The first-order valence-electron chi connectivity index (χ1n) is 12.1. The number of amides is 3. The quantitative estimate of drug-likeness (QED) is 0.155. The van der Waals surface area contributed by atoms with E-state index in [1.165, 1.54) is 55.9 Å². The van der Waals surface area contributed by atoms with Crippen molar-refractivity contribution in [2.45, 2.75) is 20.8 Å². The maximum Gasteiger partial charge on any atom is 0.336 e. The molecule has 4 aromatic heterocycles. The molecule has 0 bridgehead atoms. The number of hydrogen-bond acceptors (Lipinski definition) is 15. The Kier molecular flexibility index (Phi) is 16.6. The Morgan fingerprint density at radius 1 is 0.787 bits per heavy atom. The average molecular weight is 811 g/mol. The van der Waals surface area contributed by atoms with Crippen LogP contribution in [0, 0.1) is 13.8 Å². The summed E-state index contributed by atoms with van der Waals surface area (Å²) >= 11 is 21.4. The van der Waals surface area contributed by atoms with E-state index in [4.69, 9.17) is 70.0 Å². The van der Waals surface area contributed by atoms with Crippen LogP contribution in [0.5, 0.6) is 23.3 Å². The van der Waals surface area contributed by atoms with E-state index in [1.807, 2.05) is 0 Å². The van der Waals surface area contributed by atoms with E-state index in [2.05, 4.69) is 34.7 Å². The maximum absolute atomic E-state index is 11.8. The predicted octanol–water partition coefficient (Wildman–Crippen LogP) is 5.47. The van der Waals surface area contributed by atoms with Crippen LogP contribution in [0.2, 0.25) is 19.0 Å². The first-order valence-corrected chi connectivity index (χ1v) is 17.5. The van der Waals surface area contributed by atoms with Crippen LogP contribution in [-0.4, -0.2) is 54.5 Å². The third kappa shape index (κ3) is 14.2. The fourth-order valence-electron chi connectivity index (χ4n) is 2.59. The van der Waals surface area contributed by atoms with Gasteiger partial charge in [0, 0.05) is 30.2 Å². The van der Waals surface area contributed by atoms with Crippen LogP contribution in [0.25, 0.3) is 0 Å². The summed E-state index contributed by atoms with van der Waals surface area (Å²) in [5, 5.41) is 6.13. The average Bonchev–Trinajstić information content (AvgIpc) is 3.46. The van der Waals surface area contributed by atoms with Crippen molar-refractivity contribution in [3.05, 3.63) is 53.0 Å². The van der Waals surface area contributed by atoms with Gasteiger partial charge in [-0.05, 0) is 24.6 Å². The van der Waals surface area contributed by atoms with Gasteiger partial charge in [0.25, 0.3) is 0 Å². The van der Waals surface area contributed by atoms with Gasteiger partial charge in [0.2, 0.25) is 29.6 Å². The first kappa shape index (κ1) is 39.9. The molecule has 0 aliphatic carbocycles. The van der Waals surface area contributed by atoms with Gasteiger partial charge in [-0.3, -0.25) is 10.1 Å². The molecule has 0 radical (unpaired) electrons.